The fraction of sp³-hybridized carbons (Fsp3) is 0.100. The lowest BCUT2D eigenvalue weighted by Crippen LogP contribution is -2.04. The van der Waals surface area contributed by atoms with E-state index in [0.29, 0.717) is 33.7 Å². The number of nitrogens with one attached hydrogen (secondary N) is 1. The quantitative estimate of drug-likeness (QED) is 0.471. The summed E-state index contributed by atoms with van der Waals surface area (Å²) >= 11 is 6.21. The number of halogens is 1. The molecule has 4 aromatic rings. The number of benzene rings is 1. The number of fused-ring (bicyclic) bond motifs is 1. The minimum atomic E-state index is -0.520. The van der Waals surface area contributed by atoms with Crippen molar-refractivity contribution < 1.29 is 14.6 Å². The zero-order valence-electron chi connectivity index (χ0n) is 15.3. The van der Waals surface area contributed by atoms with Crippen molar-refractivity contribution >= 4 is 34.7 Å². The van der Waals surface area contributed by atoms with Crippen molar-refractivity contribution in [1.29, 1.82) is 0 Å². The molecule has 0 spiro atoms. The minimum Gasteiger partial charge on any atom is -0.480 e. The molecule has 0 saturated carbocycles. The second-order valence-corrected chi connectivity index (χ2v) is 6.53. The first-order chi connectivity index (χ1) is 14.1. The van der Waals surface area contributed by atoms with Crippen molar-refractivity contribution in [3.63, 3.8) is 0 Å². The molecular weight excluding hydrogens is 394 g/mol. The largest absolute Gasteiger partial charge is 0.480 e. The highest BCUT2D eigenvalue weighted by Gasteiger charge is 2.13. The van der Waals surface area contributed by atoms with Crippen LogP contribution >= 0.6 is 11.6 Å². The number of rotatable bonds is 6. The molecule has 0 bridgehead atoms. The van der Waals surface area contributed by atoms with E-state index in [4.69, 9.17) is 21.4 Å². The third-order valence-corrected chi connectivity index (χ3v) is 4.55. The summed E-state index contributed by atoms with van der Waals surface area (Å²) in [5.41, 5.74) is 3.38. The minimum absolute atomic E-state index is 0.334. The van der Waals surface area contributed by atoms with E-state index in [2.05, 4.69) is 20.4 Å². The smallest absolute Gasteiger partial charge is 0.247 e. The molecule has 0 saturated heterocycles. The van der Waals surface area contributed by atoms with Crippen LogP contribution in [0.1, 0.15) is 10.4 Å². The molecule has 0 fully saturated rings. The van der Waals surface area contributed by atoms with Crippen LogP contribution in [0.3, 0.4) is 0 Å². The fourth-order valence-electron chi connectivity index (χ4n) is 2.87. The highest BCUT2D eigenvalue weighted by atomic mass is 35.5. The Morgan fingerprint density at radius 2 is 2.07 bits per heavy atom. The topological polar surface area (TPSA) is 102 Å². The Morgan fingerprint density at radius 1 is 1.28 bits per heavy atom. The summed E-state index contributed by atoms with van der Waals surface area (Å²) in [6.45, 7) is -0.520. The van der Waals surface area contributed by atoms with Crippen molar-refractivity contribution in [2.75, 3.05) is 19.0 Å². The normalized spacial score (nSPS) is 10.9. The molecule has 0 radical (unpaired) electrons. The van der Waals surface area contributed by atoms with Crippen LogP contribution in [0, 0.1) is 0 Å². The average molecular weight is 410 g/mol. The number of carbonyl (C=O) groups is 1. The number of aliphatic hydroxyl groups is 1. The summed E-state index contributed by atoms with van der Waals surface area (Å²) in [6, 6.07) is 12.2. The molecule has 1 aromatic carbocycles. The van der Waals surface area contributed by atoms with Crippen molar-refractivity contribution in [3.05, 3.63) is 65.4 Å². The molecule has 3 aromatic heterocycles. The Bertz CT molecular complexity index is 1190. The van der Waals surface area contributed by atoms with Crippen molar-refractivity contribution in [3.8, 4) is 17.0 Å². The van der Waals surface area contributed by atoms with Gasteiger partial charge in [0, 0.05) is 34.8 Å². The molecule has 0 aliphatic carbocycles. The van der Waals surface area contributed by atoms with Crippen LogP contribution < -0.4 is 10.1 Å². The summed E-state index contributed by atoms with van der Waals surface area (Å²) in [6.07, 6.45) is 3.46. The highest BCUT2D eigenvalue weighted by Crippen LogP contribution is 2.30. The summed E-state index contributed by atoms with van der Waals surface area (Å²) in [5.74, 6) is 0.416. The number of hydrogen-bond donors (Lipinski definition) is 2. The van der Waals surface area contributed by atoms with Crippen LogP contribution in [0.5, 0.6) is 5.88 Å². The van der Waals surface area contributed by atoms with E-state index < -0.39 is 6.61 Å². The fourth-order valence-corrected chi connectivity index (χ4v) is 3.11. The first-order valence-electron chi connectivity index (χ1n) is 8.65. The van der Waals surface area contributed by atoms with Gasteiger partial charge < -0.3 is 15.2 Å². The Labute approximate surface area is 170 Å². The predicted molar refractivity (Wildman–Crippen MR) is 109 cm³/mol. The summed E-state index contributed by atoms with van der Waals surface area (Å²) in [5, 5.41) is 16.9. The van der Waals surface area contributed by atoms with Crippen LogP contribution in [0.25, 0.3) is 16.8 Å². The molecule has 8 nitrogen and oxygen atoms in total. The average Bonchev–Trinajstić information content (AvgIpc) is 3.16. The zero-order chi connectivity index (χ0) is 20.4. The van der Waals surface area contributed by atoms with E-state index in [1.165, 1.54) is 7.11 Å². The van der Waals surface area contributed by atoms with Gasteiger partial charge in [-0.25, -0.2) is 9.50 Å². The molecular formula is C20H16ClN5O3. The third-order valence-electron chi connectivity index (χ3n) is 4.28. The number of methoxy groups -OCH3 is 1. The third kappa shape index (κ3) is 3.75. The lowest BCUT2D eigenvalue weighted by Gasteiger charge is -2.06. The molecule has 0 amide bonds. The molecule has 4 rings (SSSR count). The summed E-state index contributed by atoms with van der Waals surface area (Å²) < 4.78 is 6.76. The number of ether oxygens (including phenoxy) is 1. The van der Waals surface area contributed by atoms with E-state index in [0.717, 1.165) is 11.1 Å². The van der Waals surface area contributed by atoms with Crippen LogP contribution in [-0.4, -0.2) is 44.2 Å². The molecule has 9 heteroatoms. The number of nitrogens with zero attached hydrogens (tertiary/aromatic N) is 4. The van der Waals surface area contributed by atoms with Gasteiger partial charge in [-0.2, -0.15) is 4.98 Å². The molecule has 29 heavy (non-hydrogen) atoms. The monoisotopic (exact) mass is 409 g/mol. The van der Waals surface area contributed by atoms with Crippen LogP contribution in [0.15, 0.2) is 54.9 Å². The summed E-state index contributed by atoms with van der Waals surface area (Å²) in [7, 11) is 1.51. The zero-order valence-corrected chi connectivity index (χ0v) is 16.1. The molecule has 0 atom stereocenters. The van der Waals surface area contributed by atoms with E-state index >= 15 is 0 Å². The molecule has 146 valence electrons. The van der Waals surface area contributed by atoms with Crippen LogP contribution in [-0.2, 0) is 0 Å². The first-order valence-corrected chi connectivity index (χ1v) is 9.03. The molecule has 0 aliphatic rings. The van der Waals surface area contributed by atoms with E-state index in [1.807, 2.05) is 12.1 Å². The Balaban J connectivity index is 1.66. The Kier molecular flexibility index (Phi) is 5.11. The second kappa shape index (κ2) is 7.86. The number of pyridine rings is 2. The van der Waals surface area contributed by atoms with Gasteiger partial charge in [0.15, 0.2) is 11.4 Å². The molecule has 0 unspecified atom stereocenters. The predicted octanol–water partition coefficient (Wildman–Crippen LogP) is 3.37. The van der Waals surface area contributed by atoms with Gasteiger partial charge in [0.2, 0.25) is 11.8 Å². The summed E-state index contributed by atoms with van der Waals surface area (Å²) in [4.78, 5) is 20.3. The van der Waals surface area contributed by atoms with Crippen LogP contribution in [0.2, 0.25) is 5.02 Å². The van der Waals surface area contributed by atoms with Gasteiger partial charge in [-0.15, -0.1) is 5.10 Å². The standard InChI is InChI=1S/C20H16ClN5O3/c1-29-19-16(21)9-13(10-22-19)15-3-2-8-26-18(15)24-20(25-26)23-14-6-4-12(5-7-14)17(28)11-27/h2-10,27H,11H2,1H3,(H,23,25). The Morgan fingerprint density at radius 3 is 2.76 bits per heavy atom. The maximum Gasteiger partial charge on any atom is 0.247 e. The van der Waals surface area contributed by atoms with Crippen molar-refractivity contribution in [1.82, 2.24) is 19.6 Å². The number of carbonyl (C=O) groups excluding carboxylic acids is 1. The second-order valence-electron chi connectivity index (χ2n) is 6.12. The SMILES string of the molecule is COc1ncc(-c2cccn3nc(Nc4ccc(C(=O)CO)cc4)nc23)cc1Cl. The number of aromatic nitrogens is 4. The first kappa shape index (κ1) is 18.9. The lowest BCUT2D eigenvalue weighted by atomic mass is 10.1. The van der Waals surface area contributed by atoms with Crippen molar-refractivity contribution in [2.45, 2.75) is 0 Å². The number of aliphatic hydroxyl groups excluding tert-OH is 1. The lowest BCUT2D eigenvalue weighted by molar-refractivity contribution is 0.0904. The van der Waals surface area contributed by atoms with E-state index in [9.17, 15) is 4.79 Å². The maximum atomic E-state index is 11.5. The number of hydrogen-bond acceptors (Lipinski definition) is 7. The molecule has 3 heterocycles. The van der Waals surface area contributed by atoms with Gasteiger partial charge in [0.05, 0.1) is 7.11 Å². The molecule has 2 N–H and O–H groups in total. The van der Waals surface area contributed by atoms with Crippen molar-refractivity contribution in [2.24, 2.45) is 0 Å². The maximum absolute atomic E-state index is 11.5. The van der Waals surface area contributed by atoms with Gasteiger partial charge >= 0.3 is 0 Å². The van der Waals surface area contributed by atoms with Gasteiger partial charge in [-0.05, 0) is 42.5 Å². The molecule has 0 aliphatic heterocycles. The Hall–Kier alpha value is -3.49. The van der Waals surface area contributed by atoms with E-state index in [1.54, 1.807) is 47.2 Å². The van der Waals surface area contributed by atoms with E-state index in [-0.39, 0.29) is 5.78 Å². The number of ketones is 1. The number of Topliss-reactive ketones (excluding diaryl/α,β-unsaturated/α-hetero) is 1. The van der Waals surface area contributed by atoms with Gasteiger partial charge in [0.25, 0.3) is 0 Å². The van der Waals surface area contributed by atoms with Gasteiger partial charge in [-0.3, -0.25) is 4.79 Å². The number of anilines is 2. The highest BCUT2D eigenvalue weighted by molar-refractivity contribution is 6.32. The van der Waals surface area contributed by atoms with Gasteiger partial charge in [-0.1, -0.05) is 11.6 Å². The van der Waals surface area contributed by atoms with Crippen LogP contribution in [0.4, 0.5) is 11.6 Å². The van der Waals surface area contributed by atoms with Gasteiger partial charge in [0.1, 0.15) is 11.6 Å².